The summed E-state index contributed by atoms with van der Waals surface area (Å²) in [6.07, 6.45) is -16.2. The zero-order valence-corrected chi connectivity index (χ0v) is 27.1. The topological polar surface area (TPSA) is 68.3 Å². The molecule has 0 radical (unpaired) electrons. The van der Waals surface area contributed by atoms with Gasteiger partial charge in [0.25, 0.3) is 19.7 Å². The van der Waals surface area contributed by atoms with Crippen LogP contribution in [0.25, 0.3) is 0 Å². The fraction of sp³-hybridized carbons (Fsp3) is 0.750. The number of halogens is 28. The Bertz CT molecular complexity index is 1610. The van der Waals surface area contributed by atoms with Gasteiger partial charge in [0.05, 0.1) is 7.57 Å². The molecule has 0 spiro atoms. The van der Waals surface area contributed by atoms with E-state index in [1.807, 2.05) is 0 Å². The van der Waals surface area contributed by atoms with E-state index in [0.717, 1.165) is 0 Å². The van der Waals surface area contributed by atoms with Crippen molar-refractivity contribution >= 4 is 62.9 Å². The molecule has 0 amide bonds. The number of thiophene rings is 1. The normalized spacial score (nSPS) is 16.5. The number of sulfone groups is 2. The molecule has 51 heavy (non-hydrogen) atoms. The predicted octanol–water partition coefficient (Wildman–Crippen LogP) is 10.2. The van der Waals surface area contributed by atoms with Crippen LogP contribution in [-0.2, 0) is 19.7 Å². The van der Waals surface area contributed by atoms with Crippen LogP contribution in [0.5, 0.6) is 0 Å². The van der Waals surface area contributed by atoms with E-state index in [4.69, 9.17) is 0 Å². The van der Waals surface area contributed by atoms with Gasteiger partial charge < -0.3 is 0 Å². The molecule has 1 aromatic rings. The maximum atomic E-state index is 14.6. The molecular formula is C16Br2F26O4S3. The van der Waals surface area contributed by atoms with E-state index in [1.165, 1.54) is 31.9 Å². The minimum atomic E-state index is -9.04. The second-order valence-corrected chi connectivity index (χ2v) is 16.5. The Labute approximate surface area is 281 Å². The highest BCUT2D eigenvalue weighted by atomic mass is 79.9. The van der Waals surface area contributed by atoms with Gasteiger partial charge in [0.2, 0.25) is 0 Å². The second-order valence-electron chi connectivity index (χ2n) is 8.94. The van der Waals surface area contributed by atoms with Gasteiger partial charge in [0.1, 0.15) is 9.79 Å². The highest BCUT2D eigenvalue weighted by Gasteiger charge is 2.94. The summed E-state index contributed by atoms with van der Waals surface area (Å²) in [7, 11) is -17.8. The van der Waals surface area contributed by atoms with Crippen molar-refractivity contribution < 1.29 is 131 Å². The molecular weight excluding hydrogens is 1010 g/mol. The van der Waals surface area contributed by atoms with E-state index in [0.29, 0.717) is 0 Å². The lowest BCUT2D eigenvalue weighted by Gasteiger charge is -2.39. The number of alkyl halides is 26. The quantitative estimate of drug-likeness (QED) is 0.196. The molecule has 0 unspecified atom stereocenters. The lowest BCUT2D eigenvalue weighted by molar-refractivity contribution is -0.433. The molecule has 35 heteroatoms. The zero-order valence-electron chi connectivity index (χ0n) is 21.4. The minimum Gasteiger partial charge on any atom is -0.217 e. The molecule has 0 atom stereocenters. The van der Waals surface area contributed by atoms with Crippen molar-refractivity contribution in [3.05, 3.63) is 7.57 Å². The van der Waals surface area contributed by atoms with Crippen molar-refractivity contribution in [2.45, 2.75) is 80.0 Å². The van der Waals surface area contributed by atoms with Gasteiger partial charge in [0.15, 0.2) is 0 Å². The van der Waals surface area contributed by atoms with Crippen LogP contribution in [0.4, 0.5) is 114 Å². The molecule has 0 aliphatic heterocycles. The number of hydrogen-bond donors (Lipinski definition) is 0. The average Bonchev–Trinajstić information content (AvgIpc) is 3.20. The summed E-state index contributed by atoms with van der Waals surface area (Å²) < 4.78 is 395. The third-order valence-electron chi connectivity index (χ3n) is 5.76. The van der Waals surface area contributed by atoms with Gasteiger partial charge in [0, 0.05) is 0 Å². The first-order valence-corrected chi connectivity index (χ1v) is 15.8. The van der Waals surface area contributed by atoms with Crippen molar-refractivity contribution in [3.63, 3.8) is 0 Å². The van der Waals surface area contributed by atoms with Gasteiger partial charge in [-0.25, -0.2) is 16.8 Å². The molecule has 0 aliphatic rings. The van der Waals surface area contributed by atoms with Crippen LogP contribution in [0.1, 0.15) is 0 Å². The molecule has 0 aliphatic carbocycles. The van der Waals surface area contributed by atoms with Crippen LogP contribution >= 0.6 is 43.2 Å². The van der Waals surface area contributed by atoms with Crippen LogP contribution in [0.3, 0.4) is 0 Å². The lowest BCUT2D eigenvalue weighted by Crippen LogP contribution is -2.71. The number of rotatable bonds is 12. The van der Waals surface area contributed by atoms with Crippen LogP contribution in [0, 0.1) is 0 Å². The van der Waals surface area contributed by atoms with Crippen LogP contribution in [-0.4, -0.2) is 87.1 Å². The number of hydrogen-bond acceptors (Lipinski definition) is 5. The average molecular weight is 1010 g/mol. The van der Waals surface area contributed by atoms with Gasteiger partial charge in [-0.2, -0.15) is 114 Å². The monoisotopic (exact) mass is 1000 g/mol. The van der Waals surface area contributed by atoms with E-state index in [-0.39, 0.29) is 0 Å². The molecule has 0 aromatic carbocycles. The summed E-state index contributed by atoms with van der Waals surface area (Å²) in [6.45, 7) is 0. The van der Waals surface area contributed by atoms with Crippen molar-refractivity contribution in [1.82, 2.24) is 0 Å². The van der Waals surface area contributed by atoms with E-state index in [2.05, 4.69) is 0 Å². The fourth-order valence-corrected chi connectivity index (χ4v) is 11.3. The third-order valence-corrected chi connectivity index (χ3v) is 13.0. The van der Waals surface area contributed by atoms with Crippen molar-refractivity contribution in [1.29, 1.82) is 0 Å². The molecule has 0 saturated carbocycles. The largest absolute Gasteiger partial charge is 0.460 e. The van der Waals surface area contributed by atoms with Crippen LogP contribution in [0.2, 0.25) is 0 Å². The van der Waals surface area contributed by atoms with E-state index in [1.54, 1.807) is 0 Å². The Hall–Kier alpha value is -1.26. The molecule has 302 valence electrons. The maximum absolute atomic E-state index is 14.6. The minimum absolute atomic E-state index is 1.25. The predicted molar refractivity (Wildman–Crippen MR) is 116 cm³/mol. The third kappa shape index (κ3) is 5.87. The summed E-state index contributed by atoms with van der Waals surface area (Å²) in [5.74, 6) is -70.9. The molecule has 1 heterocycles. The first-order valence-electron chi connectivity index (χ1n) is 10.4. The maximum Gasteiger partial charge on any atom is 0.460 e. The molecule has 1 aromatic heterocycles. The zero-order chi connectivity index (χ0) is 42.0. The Kier molecular flexibility index (Phi) is 11.3. The Morgan fingerprint density at radius 3 is 0.686 bits per heavy atom. The molecule has 1 rings (SSSR count). The second kappa shape index (κ2) is 12.1. The van der Waals surface area contributed by atoms with Crippen LogP contribution in [0.15, 0.2) is 17.4 Å². The van der Waals surface area contributed by atoms with Crippen molar-refractivity contribution in [2.24, 2.45) is 0 Å². The summed E-state index contributed by atoms with van der Waals surface area (Å²) >= 11 is 1.71. The van der Waals surface area contributed by atoms with Crippen molar-refractivity contribution in [3.8, 4) is 0 Å². The highest BCUT2D eigenvalue weighted by Crippen LogP contribution is 2.65. The van der Waals surface area contributed by atoms with Gasteiger partial charge in [-0.1, -0.05) is 0 Å². The first-order chi connectivity index (χ1) is 21.5. The Balaban J connectivity index is 4.27. The van der Waals surface area contributed by atoms with Gasteiger partial charge in [-0.05, 0) is 31.9 Å². The molecule has 4 nitrogen and oxygen atoms in total. The molecule has 0 fully saturated rings. The molecule has 0 saturated heterocycles. The summed E-state index contributed by atoms with van der Waals surface area (Å²) in [5, 5.41) is -17.2. The highest BCUT2D eigenvalue weighted by molar-refractivity contribution is 9.12. The van der Waals surface area contributed by atoms with Gasteiger partial charge in [-0.3, -0.25) is 0 Å². The molecule has 0 bridgehead atoms. The fourth-order valence-electron chi connectivity index (χ4n) is 2.91. The summed E-state index contributed by atoms with van der Waals surface area (Å²) in [4.78, 5) is -7.87. The van der Waals surface area contributed by atoms with Gasteiger partial charge in [-0.15, -0.1) is 11.3 Å². The smallest absolute Gasteiger partial charge is 0.217 e. The summed E-state index contributed by atoms with van der Waals surface area (Å²) in [5.41, 5.74) is 0. The Morgan fingerprint density at radius 1 is 0.333 bits per heavy atom. The summed E-state index contributed by atoms with van der Waals surface area (Å²) in [6, 6.07) is 0. The van der Waals surface area contributed by atoms with Crippen molar-refractivity contribution in [2.75, 3.05) is 0 Å². The first kappa shape index (κ1) is 47.8. The Morgan fingerprint density at radius 2 is 0.510 bits per heavy atom. The van der Waals surface area contributed by atoms with E-state index in [9.17, 15) is 131 Å². The molecule has 0 N–H and O–H groups in total. The van der Waals surface area contributed by atoms with E-state index >= 15 is 0 Å². The lowest BCUT2D eigenvalue weighted by atomic mass is 9.98. The van der Waals surface area contributed by atoms with Crippen LogP contribution < -0.4 is 0 Å². The standard InChI is InChI=1S/C16Br2F26O4S3/c17-3-1(50(45,46)15(41,42)11(31,32)7(23,24)5(19,20)9(27,28)13(35,36)37)2(4(18)49-3)51(47,48)16(43,44)12(33,34)8(25,26)6(21,22)10(29,30)14(38,39)40. The SMILES string of the molecule is O=S(=O)(c1c(Br)sc(Br)c1S(=O)(=O)C(F)(F)C(F)(F)C(F)(F)C(F)(F)C(F)(F)C(F)(F)F)C(F)(F)C(F)(F)C(F)(F)C(F)(F)C(F)(F)C(F)(F)F. The van der Waals surface area contributed by atoms with E-state index < -0.39 is 119 Å². The van der Waals surface area contributed by atoms with Gasteiger partial charge >= 0.3 is 70.2 Å².